The van der Waals surface area contributed by atoms with Gasteiger partial charge in [-0.1, -0.05) is 0 Å². The lowest BCUT2D eigenvalue weighted by Crippen LogP contribution is -2.45. The highest BCUT2D eigenvalue weighted by Gasteiger charge is 2.40. The van der Waals surface area contributed by atoms with Crippen molar-refractivity contribution >= 4 is 31.5 Å². The van der Waals surface area contributed by atoms with Crippen LogP contribution in [0.1, 0.15) is 26.2 Å². The molecule has 2 aliphatic heterocycles. The molecular formula is C18H26N2O7S2. The van der Waals surface area contributed by atoms with Gasteiger partial charge < -0.3 is 14.8 Å². The largest absolute Gasteiger partial charge is 0.495 e. The molecule has 0 radical (unpaired) electrons. The van der Waals surface area contributed by atoms with Gasteiger partial charge in [0.15, 0.2) is 9.84 Å². The molecule has 3 rings (SSSR count). The predicted molar refractivity (Wildman–Crippen MR) is 107 cm³/mol. The van der Waals surface area contributed by atoms with E-state index in [2.05, 4.69) is 5.32 Å². The van der Waals surface area contributed by atoms with Crippen LogP contribution in [0.4, 0.5) is 5.69 Å². The van der Waals surface area contributed by atoms with Crippen molar-refractivity contribution in [1.82, 2.24) is 4.31 Å². The third kappa shape index (κ3) is 5.08. The number of nitrogens with zero attached hydrogens (tertiary/aromatic N) is 1. The Morgan fingerprint density at radius 1 is 1.34 bits per heavy atom. The van der Waals surface area contributed by atoms with E-state index >= 15 is 0 Å². The fraction of sp³-hybridized carbons (Fsp3) is 0.611. The SMILES string of the molecule is COc1ccc(S(=O)(=O)N(C[C@@H]2CCCO2)[C@@H]2CCS(=O)(=O)C2)cc1NC(C)=O. The third-order valence-corrected chi connectivity index (χ3v) is 8.78. The van der Waals surface area contributed by atoms with Gasteiger partial charge in [-0.2, -0.15) is 4.31 Å². The lowest BCUT2D eigenvalue weighted by molar-refractivity contribution is -0.114. The van der Waals surface area contributed by atoms with Crippen LogP contribution in [0.15, 0.2) is 23.1 Å². The summed E-state index contributed by atoms with van der Waals surface area (Å²) in [6, 6.07) is 3.56. The van der Waals surface area contributed by atoms with Crippen LogP contribution in [0.25, 0.3) is 0 Å². The molecule has 0 spiro atoms. The second kappa shape index (κ2) is 8.58. The Labute approximate surface area is 171 Å². The van der Waals surface area contributed by atoms with E-state index in [0.717, 1.165) is 12.8 Å². The van der Waals surface area contributed by atoms with Crippen molar-refractivity contribution in [3.63, 3.8) is 0 Å². The number of hydrogen-bond acceptors (Lipinski definition) is 7. The fourth-order valence-electron chi connectivity index (χ4n) is 3.71. The average molecular weight is 447 g/mol. The average Bonchev–Trinajstić information content (AvgIpc) is 3.28. The number of benzene rings is 1. The Morgan fingerprint density at radius 3 is 2.66 bits per heavy atom. The Bertz CT molecular complexity index is 970. The first kappa shape index (κ1) is 22.0. The van der Waals surface area contributed by atoms with E-state index in [9.17, 15) is 21.6 Å². The lowest BCUT2D eigenvalue weighted by atomic mass is 10.2. The van der Waals surface area contributed by atoms with Crippen LogP contribution < -0.4 is 10.1 Å². The van der Waals surface area contributed by atoms with Gasteiger partial charge in [0.05, 0.1) is 35.3 Å². The highest BCUT2D eigenvalue weighted by molar-refractivity contribution is 7.92. The van der Waals surface area contributed by atoms with Crippen molar-refractivity contribution < 1.29 is 31.1 Å². The van der Waals surface area contributed by atoms with Crippen LogP contribution in [0.5, 0.6) is 5.75 Å². The summed E-state index contributed by atoms with van der Waals surface area (Å²) in [5.41, 5.74) is 0.234. The normalized spacial score (nSPS) is 24.0. The maximum atomic E-state index is 13.5. The summed E-state index contributed by atoms with van der Waals surface area (Å²) in [6.07, 6.45) is 1.56. The summed E-state index contributed by atoms with van der Waals surface area (Å²) >= 11 is 0. The molecule has 1 amide bonds. The zero-order valence-electron chi connectivity index (χ0n) is 16.5. The van der Waals surface area contributed by atoms with Gasteiger partial charge in [-0.25, -0.2) is 16.8 Å². The summed E-state index contributed by atoms with van der Waals surface area (Å²) in [4.78, 5) is 11.4. The Balaban J connectivity index is 1.98. The fourth-order valence-corrected chi connectivity index (χ4v) is 7.24. The van der Waals surface area contributed by atoms with Crippen molar-refractivity contribution in [1.29, 1.82) is 0 Å². The first-order chi connectivity index (χ1) is 13.6. The predicted octanol–water partition coefficient (Wildman–Crippen LogP) is 1.01. The summed E-state index contributed by atoms with van der Waals surface area (Å²) in [6.45, 7) is 1.98. The molecule has 0 unspecified atom stereocenters. The van der Waals surface area contributed by atoms with E-state index in [0.29, 0.717) is 12.4 Å². The van der Waals surface area contributed by atoms with Gasteiger partial charge in [-0.05, 0) is 37.5 Å². The number of hydrogen-bond donors (Lipinski definition) is 1. The minimum absolute atomic E-state index is 0.0328. The van der Waals surface area contributed by atoms with E-state index in [4.69, 9.17) is 9.47 Å². The quantitative estimate of drug-likeness (QED) is 0.664. The number of ether oxygens (including phenoxy) is 2. The molecule has 29 heavy (non-hydrogen) atoms. The second-order valence-electron chi connectivity index (χ2n) is 7.31. The van der Waals surface area contributed by atoms with Gasteiger partial charge in [-0.3, -0.25) is 4.79 Å². The Morgan fingerprint density at radius 2 is 2.10 bits per heavy atom. The van der Waals surface area contributed by atoms with Crippen LogP contribution in [0.3, 0.4) is 0 Å². The molecule has 0 bridgehead atoms. The van der Waals surface area contributed by atoms with Crippen molar-refractivity contribution in [3.8, 4) is 5.75 Å². The molecule has 0 saturated carbocycles. The van der Waals surface area contributed by atoms with Gasteiger partial charge in [0, 0.05) is 26.1 Å². The molecule has 1 N–H and O–H groups in total. The monoisotopic (exact) mass is 446 g/mol. The maximum Gasteiger partial charge on any atom is 0.243 e. The van der Waals surface area contributed by atoms with Gasteiger partial charge in [-0.15, -0.1) is 0 Å². The third-order valence-electron chi connectivity index (χ3n) is 5.11. The summed E-state index contributed by atoms with van der Waals surface area (Å²) in [5.74, 6) is -0.271. The Kier molecular flexibility index (Phi) is 6.51. The van der Waals surface area contributed by atoms with E-state index in [1.165, 1.54) is 36.5 Å². The van der Waals surface area contributed by atoms with E-state index < -0.39 is 25.9 Å². The number of anilines is 1. The summed E-state index contributed by atoms with van der Waals surface area (Å²) in [7, 11) is -5.88. The standard InChI is InChI=1S/C18H26N2O7S2/c1-13(21)19-17-10-16(5-6-18(17)26-2)29(24,25)20(11-15-4-3-8-27-15)14-7-9-28(22,23)12-14/h5-6,10,14-15H,3-4,7-9,11-12H2,1-2H3,(H,19,21)/t14-,15+/m1/s1. The molecule has 162 valence electrons. The number of sulfonamides is 1. The Hall–Kier alpha value is -1.69. The molecule has 9 nitrogen and oxygen atoms in total. The van der Waals surface area contributed by atoms with E-state index in [-0.39, 0.29) is 47.1 Å². The minimum atomic E-state index is -4.02. The zero-order valence-corrected chi connectivity index (χ0v) is 18.1. The van der Waals surface area contributed by atoms with Gasteiger partial charge in [0.25, 0.3) is 0 Å². The van der Waals surface area contributed by atoms with Crippen molar-refractivity contribution in [2.24, 2.45) is 0 Å². The molecule has 2 saturated heterocycles. The molecule has 2 fully saturated rings. The topological polar surface area (TPSA) is 119 Å². The van der Waals surface area contributed by atoms with Crippen LogP contribution in [-0.4, -0.2) is 71.0 Å². The first-order valence-electron chi connectivity index (χ1n) is 9.42. The van der Waals surface area contributed by atoms with Crippen molar-refractivity contribution in [2.45, 2.75) is 43.2 Å². The highest BCUT2D eigenvalue weighted by Crippen LogP contribution is 2.32. The van der Waals surface area contributed by atoms with E-state index in [1.807, 2.05) is 0 Å². The maximum absolute atomic E-state index is 13.5. The molecule has 2 heterocycles. The van der Waals surface area contributed by atoms with Gasteiger partial charge in [0.2, 0.25) is 15.9 Å². The van der Waals surface area contributed by atoms with Crippen molar-refractivity contribution in [3.05, 3.63) is 18.2 Å². The number of rotatable bonds is 7. The van der Waals surface area contributed by atoms with Crippen LogP contribution in [0.2, 0.25) is 0 Å². The summed E-state index contributed by atoms with van der Waals surface area (Å²) < 4.78 is 63.0. The number of amides is 1. The second-order valence-corrected chi connectivity index (χ2v) is 11.4. The van der Waals surface area contributed by atoms with E-state index in [1.54, 1.807) is 0 Å². The molecular weight excluding hydrogens is 420 g/mol. The molecule has 11 heteroatoms. The zero-order chi connectivity index (χ0) is 21.2. The molecule has 2 atom stereocenters. The number of nitrogens with one attached hydrogen (secondary N) is 1. The summed E-state index contributed by atoms with van der Waals surface area (Å²) in [5, 5.41) is 2.56. The van der Waals surface area contributed by atoms with Crippen LogP contribution in [-0.2, 0) is 29.4 Å². The molecule has 2 aliphatic rings. The minimum Gasteiger partial charge on any atom is -0.495 e. The number of methoxy groups -OCH3 is 1. The van der Waals surface area contributed by atoms with Crippen molar-refractivity contribution in [2.75, 3.05) is 37.1 Å². The lowest BCUT2D eigenvalue weighted by Gasteiger charge is -2.29. The van der Waals surface area contributed by atoms with Crippen LogP contribution in [0, 0.1) is 0 Å². The number of carbonyl (C=O) groups excluding carboxylic acids is 1. The molecule has 1 aromatic rings. The molecule has 0 aromatic heterocycles. The highest BCUT2D eigenvalue weighted by atomic mass is 32.2. The molecule has 1 aromatic carbocycles. The smallest absolute Gasteiger partial charge is 0.243 e. The number of sulfone groups is 1. The van der Waals surface area contributed by atoms with Gasteiger partial charge in [0.1, 0.15) is 5.75 Å². The van der Waals surface area contributed by atoms with Gasteiger partial charge >= 0.3 is 0 Å². The first-order valence-corrected chi connectivity index (χ1v) is 12.7. The molecule has 0 aliphatic carbocycles. The van der Waals surface area contributed by atoms with Crippen LogP contribution >= 0.6 is 0 Å². The number of carbonyl (C=O) groups is 1.